The molecule has 18 heavy (non-hydrogen) atoms. The second-order valence-electron chi connectivity index (χ2n) is 4.44. The van der Waals surface area contributed by atoms with Crippen LogP contribution in [0.15, 0.2) is 12.1 Å². The largest absolute Gasteiger partial charge is 0.385 e. The van der Waals surface area contributed by atoms with Gasteiger partial charge in [0.25, 0.3) is 0 Å². The molecule has 0 heterocycles. The maximum absolute atomic E-state index is 13.8. The first kappa shape index (κ1) is 14.8. The van der Waals surface area contributed by atoms with Gasteiger partial charge in [0.1, 0.15) is 17.7 Å². The maximum atomic E-state index is 13.8. The van der Waals surface area contributed by atoms with Crippen LogP contribution < -0.4 is 0 Å². The van der Waals surface area contributed by atoms with Crippen LogP contribution in [-0.2, 0) is 0 Å². The fourth-order valence-electron chi connectivity index (χ4n) is 1.98. The monoisotopic (exact) mass is 256 g/mol. The van der Waals surface area contributed by atoms with E-state index >= 15 is 0 Å². The normalized spacial score (nSPS) is 12.8. The Labute approximate surface area is 106 Å². The molecule has 0 aliphatic rings. The fourth-order valence-corrected chi connectivity index (χ4v) is 1.98. The summed E-state index contributed by atoms with van der Waals surface area (Å²) < 4.78 is 27.3. The van der Waals surface area contributed by atoms with Crippen molar-refractivity contribution >= 4 is 5.78 Å². The SMILES string of the molecule is CCC(CC)C(O)C(=O)c1c(F)ccc(C)c1F. The van der Waals surface area contributed by atoms with Crippen molar-refractivity contribution in [2.75, 3.05) is 0 Å². The Morgan fingerprint density at radius 2 is 1.83 bits per heavy atom. The standard InChI is InChI=1S/C14H18F2O2/c1-4-9(5-2)13(17)14(18)11-10(15)7-6-8(3)12(11)16/h6-7,9,13,17H,4-5H2,1-3H3. The predicted octanol–water partition coefficient (Wildman–Crippen LogP) is 3.25. The maximum Gasteiger partial charge on any atom is 0.197 e. The smallest absolute Gasteiger partial charge is 0.197 e. The van der Waals surface area contributed by atoms with Crippen LogP contribution in [0.4, 0.5) is 8.78 Å². The molecule has 1 rings (SSSR count). The summed E-state index contributed by atoms with van der Waals surface area (Å²) in [6, 6.07) is 2.32. The molecule has 0 amide bonds. The van der Waals surface area contributed by atoms with Crippen LogP contribution >= 0.6 is 0 Å². The number of carbonyl (C=O) groups is 1. The molecule has 0 saturated heterocycles. The van der Waals surface area contributed by atoms with Crippen LogP contribution in [-0.4, -0.2) is 17.0 Å². The molecular weight excluding hydrogens is 238 g/mol. The van der Waals surface area contributed by atoms with Crippen molar-refractivity contribution in [3.63, 3.8) is 0 Å². The molecule has 0 saturated carbocycles. The van der Waals surface area contributed by atoms with E-state index in [9.17, 15) is 18.7 Å². The Hall–Kier alpha value is -1.29. The quantitative estimate of drug-likeness (QED) is 0.821. The highest BCUT2D eigenvalue weighted by molar-refractivity contribution is 6.00. The summed E-state index contributed by atoms with van der Waals surface area (Å²) in [6.45, 7) is 5.11. The highest BCUT2D eigenvalue weighted by Crippen LogP contribution is 2.22. The molecule has 0 fully saturated rings. The van der Waals surface area contributed by atoms with Gasteiger partial charge in [0.15, 0.2) is 5.78 Å². The van der Waals surface area contributed by atoms with Gasteiger partial charge in [-0.2, -0.15) is 0 Å². The number of rotatable bonds is 5. The number of carbonyl (C=O) groups excluding carboxylic acids is 1. The van der Waals surface area contributed by atoms with Gasteiger partial charge >= 0.3 is 0 Å². The van der Waals surface area contributed by atoms with E-state index in [0.717, 1.165) is 6.07 Å². The minimum Gasteiger partial charge on any atom is -0.385 e. The second kappa shape index (κ2) is 6.05. The number of ketones is 1. The first-order valence-corrected chi connectivity index (χ1v) is 6.10. The average molecular weight is 256 g/mol. The molecule has 1 aromatic rings. The van der Waals surface area contributed by atoms with E-state index in [4.69, 9.17) is 0 Å². The highest BCUT2D eigenvalue weighted by atomic mass is 19.1. The van der Waals surface area contributed by atoms with Crippen molar-refractivity contribution < 1.29 is 18.7 Å². The number of aryl methyl sites for hydroxylation is 1. The molecular formula is C14H18F2O2. The molecule has 0 aromatic heterocycles. The Kier molecular flexibility index (Phi) is 4.96. The summed E-state index contributed by atoms with van der Waals surface area (Å²) in [7, 11) is 0. The third-order valence-electron chi connectivity index (χ3n) is 3.29. The summed E-state index contributed by atoms with van der Waals surface area (Å²) in [5.74, 6) is -2.96. The summed E-state index contributed by atoms with van der Waals surface area (Å²) in [4.78, 5) is 12.0. The number of aliphatic hydroxyl groups is 1. The topological polar surface area (TPSA) is 37.3 Å². The second-order valence-corrected chi connectivity index (χ2v) is 4.44. The number of benzene rings is 1. The summed E-state index contributed by atoms with van der Waals surface area (Å²) in [5, 5.41) is 9.89. The van der Waals surface area contributed by atoms with E-state index in [1.54, 1.807) is 0 Å². The zero-order valence-corrected chi connectivity index (χ0v) is 10.8. The van der Waals surface area contributed by atoms with E-state index in [2.05, 4.69) is 0 Å². The Balaban J connectivity index is 3.15. The molecule has 0 bridgehead atoms. The van der Waals surface area contributed by atoms with Crippen LogP contribution in [0, 0.1) is 24.5 Å². The molecule has 100 valence electrons. The lowest BCUT2D eigenvalue weighted by Crippen LogP contribution is -2.30. The van der Waals surface area contributed by atoms with E-state index in [-0.39, 0.29) is 11.5 Å². The van der Waals surface area contributed by atoms with Crippen molar-refractivity contribution in [3.05, 3.63) is 34.9 Å². The van der Waals surface area contributed by atoms with Gasteiger partial charge in [-0.15, -0.1) is 0 Å². The number of aliphatic hydroxyl groups excluding tert-OH is 1. The Bertz CT molecular complexity index is 440. The molecule has 1 N–H and O–H groups in total. The molecule has 1 atom stereocenters. The summed E-state index contributed by atoms with van der Waals surface area (Å²) in [5.41, 5.74) is -0.439. The fraction of sp³-hybridized carbons (Fsp3) is 0.500. The van der Waals surface area contributed by atoms with Crippen molar-refractivity contribution in [3.8, 4) is 0 Å². The molecule has 1 unspecified atom stereocenters. The van der Waals surface area contributed by atoms with Gasteiger partial charge in [-0.05, 0) is 24.5 Å². The van der Waals surface area contributed by atoms with Gasteiger partial charge in [-0.25, -0.2) is 8.78 Å². The lowest BCUT2D eigenvalue weighted by Gasteiger charge is -2.19. The van der Waals surface area contributed by atoms with E-state index in [0.29, 0.717) is 12.8 Å². The van der Waals surface area contributed by atoms with Crippen molar-refractivity contribution in [2.45, 2.75) is 39.7 Å². The molecule has 1 aromatic carbocycles. The van der Waals surface area contributed by atoms with Gasteiger partial charge in [0, 0.05) is 0 Å². The Morgan fingerprint density at radius 3 is 2.33 bits per heavy atom. The van der Waals surface area contributed by atoms with Crippen molar-refractivity contribution in [1.29, 1.82) is 0 Å². The lowest BCUT2D eigenvalue weighted by atomic mass is 9.90. The van der Waals surface area contributed by atoms with Gasteiger partial charge in [0.05, 0.1) is 5.56 Å². The molecule has 0 spiro atoms. The predicted molar refractivity (Wildman–Crippen MR) is 65.5 cm³/mol. The molecule has 0 radical (unpaired) electrons. The zero-order valence-electron chi connectivity index (χ0n) is 10.8. The molecule has 0 aliphatic heterocycles. The van der Waals surface area contributed by atoms with Crippen LogP contribution in [0.1, 0.15) is 42.6 Å². The van der Waals surface area contributed by atoms with E-state index in [1.807, 2.05) is 13.8 Å². The molecule has 4 heteroatoms. The third-order valence-corrected chi connectivity index (χ3v) is 3.29. The first-order chi connectivity index (χ1) is 8.43. The van der Waals surface area contributed by atoms with Crippen LogP contribution in [0.2, 0.25) is 0 Å². The molecule has 0 aliphatic carbocycles. The summed E-state index contributed by atoms with van der Waals surface area (Å²) >= 11 is 0. The zero-order chi connectivity index (χ0) is 13.9. The minimum atomic E-state index is -1.36. The van der Waals surface area contributed by atoms with Crippen molar-refractivity contribution in [1.82, 2.24) is 0 Å². The highest BCUT2D eigenvalue weighted by Gasteiger charge is 2.29. The Morgan fingerprint density at radius 1 is 1.28 bits per heavy atom. The van der Waals surface area contributed by atoms with Crippen LogP contribution in [0.5, 0.6) is 0 Å². The number of halogens is 2. The number of hydrogen-bond acceptors (Lipinski definition) is 2. The first-order valence-electron chi connectivity index (χ1n) is 6.10. The van der Waals surface area contributed by atoms with Gasteiger partial charge in [-0.1, -0.05) is 32.8 Å². The van der Waals surface area contributed by atoms with E-state index in [1.165, 1.54) is 13.0 Å². The summed E-state index contributed by atoms with van der Waals surface area (Å²) in [6.07, 6.45) is -0.192. The van der Waals surface area contributed by atoms with Gasteiger partial charge < -0.3 is 5.11 Å². The molecule has 2 nitrogen and oxygen atoms in total. The van der Waals surface area contributed by atoms with Crippen LogP contribution in [0.3, 0.4) is 0 Å². The lowest BCUT2D eigenvalue weighted by molar-refractivity contribution is 0.0579. The number of Topliss-reactive ketones (excluding diaryl/α,β-unsaturated/α-hetero) is 1. The van der Waals surface area contributed by atoms with Gasteiger partial charge in [0.2, 0.25) is 0 Å². The van der Waals surface area contributed by atoms with Gasteiger partial charge in [-0.3, -0.25) is 4.79 Å². The third kappa shape index (κ3) is 2.75. The minimum absolute atomic E-state index is 0.191. The van der Waals surface area contributed by atoms with E-state index < -0.39 is 29.1 Å². The number of hydrogen-bond donors (Lipinski definition) is 1. The van der Waals surface area contributed by atoms with Crippen LogP contribution in [0.25, 0.3) is 0 Å². The van der Waals surface area contributed by atoms with Crippen molar-refractivity contribution in [2.24, 2.45) is 5.92 Å². The average Bonchev–Trinajstić information content (AvgIpc) is 2.35.